The molecule has 0 radical (unpaired) electrons. The van der Waals surface area contributed by atoms with Gasteiger partial charge in [-0.15, -0.1) is 0 Å². The van der Waals surface area contributed by atoms with Gasteiger partial charge in [-0.2, -0.15) is 0 Å². The summed E-state index contributed by atoms with van der Waals surface area (Å²) in [6.07, 6.45) is 3.84. The van der Waals surface area contributed by atoms with Crippen LogP contribution in [0.2, 0.25) is 0 Å². The van der Waals surface area contributed by atoms with Crippen molar-refractivity contribution < 1.29 is 0 Å². The zero-order valence-electron chi connectivity index (χ0n) is 8.67. The van der Waals surface area contributed by atoms with E-state index in [9.17, 15) is 0 Å². The third-order valence-electron chi connectivity index (χ3n) is 1.75. The number of nitrogens with one attached hydrogen (secondary N) is 2. The third-order valence-corrected chi connectivity index (χ3v) is 1.75. The van der Waals surface area contributed by atoms with E-state index in [-0.39, 0.29) is 0 Å². The van der Waals surface area contributed by atoms with Gasteiger partial charge in [0.25, 0.3) is 0 Å². The molecule has 0 atom stereocenters. The van der Waals surface area contributed by atoms with E-state index in [4.69, 9.17) is 0 Å². The summed E-state index contributed by atoms with van der Waals surface area (Å²) in [6.45, 7) is 7.84. The Morgan fingerprint density at radius 2 is 2.21 bits per heavy atom. The molecule has 0 bridgehead atoms. The lowest BCUT2D eigenvalue weighted by atomic mass is 10.2. The molecule has 0 amide bonds. The highest BCUT2D eigenvalue weighted by Crippen LogP contribution is 2.08. The van der Waals surface area contributed by atoms with E-state index in [1.807, 2.05) is 31.2 Å². The molecular weight excluding hydrogens is 172 g/mol. The van der Waals surface area contributed by atoms with Gasteiger partial charge in [0.15, 0.2) is 0 Å². The molecule has 0 fully saturated rings. The monoisotopic (exact) mass is 188 g/mol. The minimum Gasteiger partial charge on any atom is -0.302 e. The van der Waals surface area contributed by atoms with Gasteiger partial charge in [-0.3, -0.25) is 0 Å². The molecular formula is C12H16N2. The topological polar surface area (TPSA) is 24.1 Å². The lowest BCUT2D eigenvalue weighted by molar-refractivity contribution is 1.00. The Hall–Kier alpha value is -1.70. The number of allylic oxidation sites excluding steroid dienone is 2. The molecule has 1 aromatic carbocycles. The second kappa shape index (κ2) is 5.12. The van der Waals surface area contributed by atoms with Gasteiger partial charge in [-0.05, 0) is 37.6 Å². The Morgan fingerprint density at radius 3 is 2.86 bits per heavy atom. The molecule has 0 saturated carbocycles. The van der Waals surface area contributed by atoms with Gasteiger partial charge in [0.2, 0.25) is 0 Å². The molecule has 0 aliphatic heterocycles. The standard InChI is InChI=1S/C12H16N2/c1-4-6-11(3)13-14-12-8-5-7-10(2)9-12/h4-9,13-14H,3H2,1-2H3/b6-4+. The molecule has 0 spiro atoms. The van der Waals surface area contributed by atoms with E-state index in [0.717, 1.165) is 11.4 Å². The van der Waals surface area contributed by atoms with Crippen LogP contribution in [0.1, 0.15) is 12.5 Å². The van der Waals surface area contributed by atoms with Gasteiger partial charge >= 0.3 is 0 Å². The Labute approximate surface area is 85.3 Å². The maximum atomic E-state index is 3.82. The van der Waals surface area contributed by atoms with Crippen LogP contribution < -0.4 is 10.9 Å². The van der Waals surface area contributed by atoms with Gasteiger partial charge < -0.3 is 10.9 Å². The molecule has 0 aliphatic rings. The molecule has 2 N–H and O–H groups in total. The van der Waals surface area contributed by atoms with Gasteiger partial charge in [0.1, 0.15) is 0 Å². The quantitative estimate of drug-likeness (QED) is 0.560. The van der Waals surface area contributed by atoms with Crippen molar-refractivity contribution in [1.82, 2.24) is 5.43 Å². The van der Waals surface area contributed by atoms with Crippen molar-refractivity contribution in [2.24, 2.45) is 0 Å². The minimum atomic E-state index is 0.842. The van der Waals surface area contributed by atoms with E-state index in [1.54, 1.807) is 0 Å². The zero-order valence-corrected chi connectivity index (χ0v) is 8.67. The van der Waals surface area contributed by atoms with Crippen molar-refractivity contribution in [2.75, 3.05) is 5.43 Å². The molecule has 1 rings (SSSR count). The van der Waals surface area contributed by atoms with Crippen LogP contribution in [-0.4, -0.2) is 0 Å². The zero-order chi connectivity index (χ0) is 10.4. The fourth-order valence-electron chi connectivity index (χ4n) is 1.12. The minimum absolute atomic E-state index is 0.842. The van der Waals surface area contributed by atoms with Gasteiger partial charge in [0.05, 0.1) is 5.69 Å². The van der Waals surface area contributed by atoms with Crippen LogP contribution in [0.25, 0.3) is 0 Å². The highest BCUT2D eigenvalue weighted by molar-refractivity contribution is 5.45. The van der Waals surface area contributed by atoms with Gasteiger partial charge in [0, 0.05) is 5.70 Å². The van der Waals surface area contributed by atoms with Crippen LogP contribution in [-0.2, 0) is 0 Å². The van der Waals surface area contributed by atoms with Crippen LogP contribution in [0.5, 0.6) is 0 Å². The first-order chi connectivity index (χ1) is 6.72. The Bertz CT molecular complexity index is 340. The van der Waals surface area contributed by atoms with Crippen LogP contribution in [0, 0.1) is 6.92 Å². The fourth-order valence-corrected chi connectivity index (χ4v) is 1.12. The summed E-state index contributed by atoms with van der Waals surface area (Å²) in [5.41, 5.74) is 9.17. The molecule has 1 aromatic rings. The van der Waals surface area contributed by atoms with Crippen LogP contribution in [0.3, 0.4) is 0 Å². The average Bonchev–Trinajstić information content (AvgIpc) is 2.15. The maximum absolute atomic E-state index is 3.82. The second-order valence-electron chi connectivity index (χ2n) is 3.14. The number of anilines is 1. The Morgan fingerprint density at radius 1 is 1.43 bits per heavy atom. The summed E-state index contributed by atoms with van der Waals surface area (Å²) in [5, 5.41) is 0. The van der Waals surface area contributed by atoms with Crippen LogP contribution in [0.15, 0.2) is 48.7 Å². The SMILES string of the molecule is C=C(/C=C/C)NNc1cccc(C)c1. The van der Waals surface area contributed by atoms with Crippen molar-refractivity contribution >= 4 is 5.69 Å². The Kier molecular flexibility index (Phi) is 3.80. The molecule has 2 heteroatoms. The predicted molar refractivity (Wildman–Crippen MR) is 61.9 cm³/mol. The van der Waals surface area contributed by atoms with E-state index in [2.05, 4.69) is 36.5 Å². The fraction of sp³-hybridized carbons (Fsp3) is 0.167. The second-order valence-corrected chi connectivity index (χ2v) is 3.14. The van der Waals surface area contributed by atoms with Crippen molar-refractivity contribution in [3.8, 4) is 0 Å². The van der Waals surface area contributed by atoms with E-state index >= 15 is 0 Å². The largest absolute Gasteiger partial charge is 0.302 e. The molecule has 74 valence electrons. The highest BCUT2D eigenvalue weighted by Gasteiger charge is 1.90. The first-order valence-electron chi connectivity index (χ1n) is 4.62. The molecule has 0 heterocycles. The Balaban J connectivity index is 2.49. The smallest absolute Gasteiger partial charge is 0.0542 e. The molecule has 0 saturated heterocycles. The molecule has 14 heavy (non-hydrogen) atoms. The number of hydrazine groups is 1. The molecule has 0 aromatic heterocycles. The predicted octanol–water partition coefficient (Wildman–Crippen LogP) is 3.00. The summed E-state index contributed by atoms with van der Waals surface area (Å²) >= 11 is 0. The van der Waals surface area contributed by atoms with E-state index < -0.39 is 0 Å². The van der Waals surface area contributed by atoms with E-state index in [0.29, 0.717) is 0 Å². The summed E-state index contributed by atoms with van der Waals surface area (Å²) < 4.78 is 0. The van der Waals surface area contributed by atoms with Crippen LogP contribution in [0.4, 0.5) is 5.69 Å². The van der Waals surface area contributed by atoms with Crippen LogP contribution >= 0.6 is 0 Å². The highest BCUT2D eigenvalue weighted by atomic mass is 15.4. The normalized spacial score (nSPS) is 10.1. The van der Waals surface area contributed by atoms with Crippen molar-refractivity contribution in [1.29, 1.82) is 0 Å². The van der Waals surface area contributed by atoms with Crippen molar-refractivity contribution in [3.63, 3.8) is 0 Å². The van der Waals surface area contributed by atoms with Gasteiger partial charge in [-0.1, -0.05) is 24.8 Å². The third kappa shape index (κ3) is 3.35. The number of benzene rings is 1. The van der Waals surface area contributed by atoms with Crippen molar-refractivity contribution in [2.45, 2.75) is 13.8 Å². The number of hydrogen-bond acceptors (Lipinski definition) is 2. The first-order valence-corrected chi connectivity index (χ1v) is 4.62. The number of aryl methyl sites for hydroxylation is 1. The van der Waals surface area contributed by atoms with Gasteiger partial charge in [-0.25, -0.2) is 0 Å². The van der Waals surface area contributed by atoms with Crippen molar-refractivity contribution in [3.05, 3.63) is 54.3 Å². The summed E-state index contributed by atoms with van der Waals surface area (Å²) in [4.78, 5) is 0. The molecule has 2 nitrogen and oxygen atoms in total. The summed E-state index contributed by atoms with van der Waals surface area (Å²) in [6, 6.07) is 8.14. The lowest BCUT2D eigenvalue weighted by Crippen LogP contribution is -2.18. The lowest BCUT2D eigenvalue weighted by Gasteiger charge is -2.09. The number of hydrogen-bond donors (Lipinski definition) is 2. The summed E-state index contributed by atoms with van der Waals surface area (Å²) in [5.74, 6) is 0. The molecule has 0 unspecified atom stereocenters. The number of rotatable bonds is 4. The molecule has 0 aliphatic carbocycles. The average molecular weight is 188 g/mol. The van der Waals surface area contributed by atoms with E-state index in [1.165, 1.54) is 5.56 Å². The summed E-state index contributed by atoms with van der Waals surface area (Å²) in [7, 11) is 0. The maximum Gasteiger partial charge on any atom is 0.0542 e. The first kappa shape index (κ1) is 10.4.